The molecule has 0 radical (unpaired) electrons. The number of hydrogen-bond donors (Lipinski definition) is 2. The molecule has 0 fully saturated rings. The van der Waals surface area contributed by atoms with Crippen LogP contribution in [0.25, 0.3) is 0 Å². The summed E-state index contributed by atoms with van der Waals surface area (Å²) in [6.45, 7) is 4.10. The molecular weight excluding hydrogens is 220 g/mol. The lowest BCUT2D eigenvalue weighted by molar-refractivity contribution is 0.312. The number of anilines is 2. The van der Waals surface area contributed by atoms with Gasteiger partial charge in [0.2, 0.25) is 11.9 Å². The van der Waals surface area contributed by atoms with Gasteiger partial charge in [0.25, 0.3) is 0 Å². The molecule has 17 heavy (non-hydrogen) atoms. The van der Waals surface area contributed by atoms with E-state index in [2.05, 4.69) is 30.5 Å². The van der Waals surface area contributed by atoms with Gasteiger partial charge in [-0.2, -0.15) is 15.0 Å². The standard InChI is InChI=1S/C10H20N6O/c1-5-17-10-14-8(11-2)13-9(15-10)12-6-7-16(3)4/h5-7H2,1-4H3,(H2,11,12,13,14,15). The zero-order valence-corrected chi connectivity index (χ0v) is 10.8. The van der Waals surface area contributed by atoms with E-state index in [1.807, 2.05) is 21.0 Å². The summed E-state index contributed by atoms with van der Waals surface area (Å²) in [5, 5.41) is 6.00. The van der Waals surface area contributed by atoms with Crippen LogP contribution in [-0.4, -0.2) is 60.7 Å². The molecule has 0 saturated heterocycles. The lowest BCUT2D eigenvalue weighted by Crippen LogP contribution is -2.22. The summed E-state index contributed by atoms with van der Waals surface area (Å²) in [6.07, 6.45) is 0. The first kappa shape index (κ1) is 13.4. The van der Waals surface area contributed by atoms with E-state index in [0.29, 0.717) is 24.5 Å². The molecule has 0 aromatic carbocycles. The van der Waals surface area contributed by atoms with Crippen molar-refractivity contribution in [3.63, 3.8) is 0 Å². The fourth-order valence-electron chi connectivity index (χ4n) is 1.13. The Morgan fingerprint density at radius 1 is 1.18 bits per heavy atom. The molecule has 7 heteroatoms. The van der Waals surface area contributed by atoms with Crippen LogP contribution in [0.3, 0.4) is 0 Å². The molecule has 0 aliphatic carbocycles. The average Bonchev–Trinajstić information content (AvgIpc) is 2.28. The van der Waals surface area contributed by atoms with E-state index < -0.39 is 0 Å². The molecule has 0 unspecified atom stereocenters. The Hall–Kier alpha value is -1.63. The summed E-state index contributed by atoms with van der Waals surface area (Å²) in [7, 11) is 5.79. The van der Waals surface area contributed by atoms with Gasteiger partial charge in [-0.05, 0) is 21.0 Å². The van der Waals surface area contributed by atoms with Crippen LogP contribution in [0.1, 0.15) is 6.92 Å². The number of rotatable bonds is 7. The van der Waals surface area contributed by atoms with Crippen molar-refractivity contribution in [2.24, 2.45) is 0 Å². The van der Waals surface area contributed by atoms with Crippen LogP contribution < -0.4 is 15.4 Å². The largest absolute Gasteiger partial charge is 0.464 e. The molecule has 0 atom stereocenters. The highest BCUT2D eigenvalue weighted by Crippen LogP contribution is 2.10. The molecule has 0 aliphatic rings. The first-order valence-corrected chi connectivity index (χ1v) is 5.61. The van der Waals surface area contributed by atoms with Crippen molar-refractivity contribution in [2.75, 3.05) is 51.5 Å². The summed E-state index contributed by atoms with van der Waals surface area (Å²) in [6, 6.07) is 0.333. The van der Waals surface area contributed by atoms with E-state index in [4.69, 9.17) is 4.74 Å². The molecule has 0 bridgehead atoms. The Bertz CT molecular complexity index is 344. The minimum atomic E-state index is 0.333. The predicted molar refractivity (Wildman–Crippen MR) is 67.6 cm³/mol. The van der Waals surface area contributed by atoms with Gasteiger partial charge in [-0.1, -0.05) is 0 Å². The Labute approximate surface area is 102 Å². The topological polar surface area (TPSA) is 75.2 Å². The first-order chi connectivity index (χ1) is 8.15. The number of aromatic nitrogens is 3. The number of nitrogens with zero attached hydrogens (tertiary/aromatic N) is 4. The molecule has 0 spiro atoms. The molecule has 0 aliphatic heterocycles. The molecule has 96 valence electrons. The van der Waals surface area contributed by atoms with Gasteiger partial charge in [-0.15, -0.1) is 0 Å². The van der Waals surface area contributed by atoms with Gasteiger partial charge in [0.1, 0.15) is 0 Å². The second-order valence-electron chi connectivity index (χ2n) is 3.68. The molecule has 1 heterocycles. The van der Waals surface area contributed by atoms with Gasteiger partial charge >= 0.3 is 6.01 Å². The lowest BCUT2D eigenvalue weighted by Gasteiger charge is -2.11. The lowest BCUT2D eigenvalue weighted by atomic mass is 10.6. The highest BCUT2D eigenvalue weighted by Gasteiger charge is 2.05. The number of likely N-dealkylation sites (N-methyl/N-ethyl adjacent to an activating group) is 1. The number of hydrogen-bond acceptors (Lipinski definition) is 7. The maximum atomic E-state index is 5.26. The summed E-state index contributed by atoms with van der Waals surface area (Å²) >= 11 is 0. The Morgan fingerprint density at radius 3 is 2.47 bits per heavy atom. The van der Waals surface area contributed by atoms with Gasteiger partial charge < -0.3 is 20.3 Å². The fourth-order valence-corrected chi connectivity index (χ4v) is 1.13. The smallest absolute Gasteiger partial charge is 0.323 e. The second-order valence-corrected chi connectivity index (χ2v) is 3.68. The van der Waals surface area contributed by atoms with Crippen LogP contribution in [0.2, 0.25) is 0 Å². The molecule has 1 aromatic rings. The number of ether oxygens (including phenoxy) is 1. The molecular formula is C10H20N6O. The van der Waals surface area contributed by atoms with Crippen LogP contribution in [0.5, 0.6) is 6.01 Å². The van der Waals surface area contributed by atoms with Gasteiger partial charge in [-0.3, -0.25) is 0 Å². The van der Waals surface area contributed by atoms with E-state index in [0.717, 1.165) is 13.1 Å². The second kappa shape index (κ2) is 6.85. The van der Waals surface area contributed by atoms with E-state index in [-0.39, 0.29) is 0 Å². The molecule has 0 amide bonds. The van der Waals surface area contributed by atoms with Crippen molar-refractivity contribution in [3.05, 3.63) is 0 Å². The molecule has 0 saturated carbocycles. The quantitative estimate of drug-likeness (QED) is 0.709. The summed E-state index contributed by atoms with van der Waals surface area (Å²) in [4.78, 5) is 14.5. The van der Waals surface area contributed by atoms with E-state index in [9.17, 15) is 0 Å². The third-order valence-electron chi connectivity index (χ3n) is 1.95. The minimum absolute atomic E-state index is 0.333. The van der Waals surface area contributed by atoms with Crippen molar-refractivity contribution in [2.45, 2.75) is 6.92 Å². The highest BCUT2D eigenvalue weighted by molar-refractivity contribution is 5.35. The van der Waals surface area contributed by atoms with Crippen LogP contribution in [0, 0.1) is 0 Å². The van der Waals surface area contributed by atoms with Crippen molar-refractivity contribution < 1.29 is 4.74 Å². The maximum absolute atomic E-state index is 5.26. The predicted octanol–water partition coefficient (Wildman–Crippen LogP) is 0.285. The van der Waals surface area contributed by atoms with Gasteiger partial charge in [-0.25, -0.2) is 0 Å². The Morgan fingerprint density at radius 2 is 1.88 bits per heavy atom. The van der Waals surface area contributed by atoms with E-state index >= 15 is 0 Å². The van der Waals surface area contributed by atoms with Crippen molar-refractivity contribution in [1.29, 1.82) is 0 Å². The maximum Gasteiger partial charge on any atom is 0.323 e. The van der Waals surface area contributed by atoms with E-state index in [1.54, 1.807) is 7.05 Å². The fraction of sp³-hybridized carbons (Fsp3) is 0.700. The first-order valence-electron chi connectivity index (χ1n) is 5.61. The van der Waals surface area contributed by atoms with Gasteiger partial charge in [0.05, 0.1) is 6.61 Å². The van der Waals surface area contributed by atoms with E-state index in [1.165, 1.54) is 0 Å². The van der Waals surface area contributed by atoms with Gasteiger partial charge in [0, 0.05) is 20.1 Å². The Kier molecular flexibility index (Phi) is 5.41. The SMILES string of the molecule is CCOc1nc(NC)nc(NCCN(C)C)n1. The van der Waals surface area contributed by atoms with Crippen LogP contribution in [-0.2, 0) is 0 Å². The highest BCUT2D eigenvalue weighted by atomic mass is 16.5. The molecule has 1 rings (SSSR count). The minimum Gasteiger partial charge on any atom is -0.464 e. The van der Waals surface area contributed by atoms with Crippen LogP contribution >= 0.6 is 0 Å². The third kappa shape index (κ3) is 4.81. The average molecular weight is 240 g/mol. The summed E-state index contributed by atoms with van der Waals surface area (Å²) in [5.74, 6) is 1.02. The van der Waals surface area contributed by atoms with Gasteiger partial charge in [0.15, 0.2) is 0 Å². The van der Waals surface area contributed by atoms with Crippen molar-refractivity contribution in [3.8, 4) is 6.01 Å². The molecule has 1 aromatic heterocycles. The summed E-state index contributed by atoms with van der Waals surface area (Å²) in [5.41, 5.74) is 0. The zero-order valence-electron chi connectivity index (χ0n) is 10.8. The van der Waals surface area contributed by atoms with Crippen LogP contribution in [0.4, 0.5) is 11.9 Å². The normalized spacial score (nSPS) is 10.4. The van der Waals surface area contributed by atoms with Crippen LogP contribution in [0.15, 0.2) is 0 Å². The van der Waals surface area contributed by atoms with Crippen molar-refractivity contribution in [1.82, 2.24) is 19.9 Å². The third-order valence-corrected chi connectivity index (χ3v) is 1.95. The van der Waals surface area contributed by atoms with Crippen molar-refractivity contribution >= 4 is 11.9 Å². The Balaban J connectivity index is 2.66. The monoisotopic (exact) mass is 240 g/mol. The zero-order chi connectivity index (χ0) is 12.7. The summed E-state index contributed by atoms with van der Waals surface area (Å²) < 4.78 is 5.26. The molecule has 2 N–H and O–H groups in total. The number of nitrogens with one attached hydrogen (secondary N) is 2. The molecule has 7 nitrogen and oxygen atoms in total.